The fourth-order valence-corrected chi connectivity index (χ4v) is 2.67. The van der Waals surface area contributed by atoms with Gasteiger partial charge < -0.3 is 33.2 Å². The number of allylic oxidation sites excluding steroid dienone is 2. The van der Waals surface area contributed by atoms with Gasteiger partial charge in [-0.2, -0.15) is 0 Å². The van der Waals surface area contributed by atoms with Crippen LogP contribution in [0.1, 0.15) is 27.7 Å². The summed E-state index contributed by atoms with van der Waals surface area (Å²) in [6.45, 7) is 4.14. The summed E-state index contributed by atoms with van der Waals surface area (Å²) in [6.07, 6.45) is -1.54. The monoisotopic (exact) mass is 458 g/mol. The van der Waals surface area contributed by atoms with Gasteiger partial charge in [0.1, 0.15) is 12.7 Å². The lowest BCUT2D eigenvalue weighted by Gasteiger charge is -2.43. The Kier molecular flexibility index (Phi) is 10.9. The highest BCUT2D eigenvalue weighted by Gasteiger charge is 2.53. The van der Waals surface area contributed by atoms with Gasteiger partial charge in [0.25, 0.3) is 0 Å². The molecule has 0 saturated carbocycles. The van der Waals surface area contributed by atoms with E-state index in [4.69, 9.17) is 28.4 Å². The van der Waals surface area contributed by atoms with Crippen molar-refractivity contribution in [3.05, 3.63) is 24.5 Å². The van der Waals surface area contributed by atoms with Crippen molar-refractivity contribution in [2.45, 2.75) is 58.4 Å². The molecule has 0 aromatic carbocycles. The molecule has 1 aliphatic rings. The molecule has 1 saturated heterocycles. The molecule has 0 aliphatic carbocycles. The maximum Gasteiger partial charge on any atom is 0.330 e. The molecule has 1 fully saturated rings. The van der Waals surface area contributed by atoms with Gasteiger partial charge in [-0.15, -0.1) is 0 Å². The van der Waals surface area contributed by atoms with E-state index in [1.54, 1.807) is 0 Å². The van der Waals surface area contributed by atoms with E-state index in [0.29, 0.717) is 0 Å². The summed E-state index contributed by atoms with van der Waals surface area (Å²) in [5, 5.41) is 0. The molecule has 0 radical (unpaired) electrons. The van der Waals surface area contributed by atoms with Crippen LogP contribution >= 0.6 is 0 Å². The molecule has 5 atom stereocenters. The molecule has 0 aromatic rings. The largest absolute Gasteiger partial charge is 0.468 e. The van der Waals surface area contributed by atoms with Crippen molar-refractivity contribution < 1.29 is 57.1 Å². The van der Waals surface area contributed by atoms with E-state index in [1.165, 1.54) is 26.2 Å². The quantitative estimate of drug-likeness (QED) is 0.154. The Morgan fingerprint density at radius 3 is 1.88 bits per heavy atom. The number of carbonyl (C=O) groups is 5. The molecule has 12 heteroatoms. The standard InChI is InChI=1S/C20H26O12/c1-11(21)28-10-15-17(29-12(2)22)18(30-13(3)23)19(31-14(4)24)20(32-15)27-9-7-6-8-16(25)26-5/h6-9,15,17-20H,10H2,1-5H3/b8-6+,9-7+/t15-,17-,18+,19-,20-/m1/s1. The van der Waals surface area contributed by atoms with Crippen molar-refractivity contribution in [2.75, 3.05) is 13.7 Å². The van der Waals surface area contributed by atoms with Crippen LogP contribution in [0.25, 0.3) is 0 Å². The van der Waals surface area contributed by atoms with Crippen LogP contribution in [0.4, 0.5) is 0 Å². The lowest BCUT2D eigenvalue weighted by Crippen LogP contribution is -2.62. The van der Waals surface area contributed by atoms with E-state index in [-0.39, 0.29) is 6.61 Å². The zero-order chi connectivity index (χ0) is 24.3. The predicted octanol–water partition coefficient (Wildman–Crippen LogP) is 0.329. The number of methoxy groups -OCH3 is 1. The Morgan fingerprint density at radius 1 is 0.781 bits per heavy atom. The van der Waals surface area contributed by atoms with Crippen LogP contribution < -0.4 is 0 Å². The SMILES string of the molecule is COC(=O)/C=C/C=C/O[C@@H]1O[C@H](COC(C)=O)[C@@H](OC(C)=O)[C@H](OC(C)=O)[C@H]1OC(C)=O. The van der Waals surface area contributed by atoms with Gasteiger partial charge in [-0.3, -0.25) is 19.2 Å². The van der Waals surface area contributed by atoms with Crippen molar-refractivity contribution in [1.82, 2.24) is 0 Å². The molecule has 0 aromatic heterocycles. The number of hydrogen-bond acceptors (Lipinski definition) is 12. The molecule has 0 unspecified atom stereocenters. The van der Waals surface area contributed by atoms with Gasteiger partial charge in [0, 0.05) is 33.8 Å². The smallest absolute Gasteiger partial charge is 0.330 e. The maximum atomic E-state index is 11.7. The molecular formula is C20H26O12. The Balaban J connectivity index is 3.23. The van der Waals surface area contributed by atoms with Crippen LogP contribution in [0.5, 0.6) is 0 Å². The molecular weight excluding hydrogens is 432 g/mol. The van der Waals surface area contributed by atoms with E-state index in [1.807, 2.05) is 0 Å². The van der Waals surface area contributed by atoms with E-state index in [2.05, 4.69) is 4.74 Å². The van der Waals surface area contributed by atoms with Crippen LogP contribution in [0.2, 0.25) is 0 Å². The molecule has 0 spiro atoms. The summed E-state index contributed by atoms with van der Waals surface area (Å²) < 4.78 is 36.3. The normalized spacial score (nSPS) is 25.1. The van der Waals surface area contributed by atoms with Crippen LogP contribution in [0.3, 0.4) is 0 Å². The van der Waals surface area contributed by atoms with Gasteiger partial charge in [0.05, 0.1) is 13.4 Å². The number of rotatable bonds is 9. The molecule has 0 amide bonds. The summed E-state index contributed by atoms with van der Waals surface area (Å²) in [4.78, 5) is 57.4. The summed E-state index contributed by atoms with van der Waals surface area (Å²) in [7, 11) is 1.21. The van der Waals surface area contributed by atoms with Crippen LogP contribution in [0.15, 0.2) is 24.5 Å². The molecule has 32 heavy (non-hydrogen) atoms. The average Bonchev–Trinajstić information content (AvgIpc) is 2.69. The first-order chi connectivity index (χ1) is 15.0. The molecule has 178 valence electrons. The van der Waals surface area contributed by atoms with Crippen molar-refractivity contribution in [3.8, 4) is 0 Å². The van der Waals surface area contributed by atoms with Crippen molar-refractivity contribution >= 4 is 29.8 Å². The fourth-order valence-electron chi connectivity index (χ4n) is 2.67. The highest BCUT2D eigenvalue weighted by atomic mass is 16.7. The van der Waals surface area contributed by atoms with Crippen LogP contribution in [-0.2, 0) is 57.1 Å². The topological polar surface area (TPSA) is 150 Å². The minimum atomic E-state index is -1.35. The molecule has 0 N–H and O–H groups in total. The average molecular weight is 458 g/mol. The van der Waals surface area contributed by atoms with E-state index >= 15 is 0 Å². The molecule has 12 nitrogen and oxygen atoms in total. The Labute approximate surface area is 184 Å². The first kappa shape index (κ1) is 26.6. The van der Waals surface area contributed by atoms with E-state index in [0.717, 1.165) is 33.1 Å². The van der Waals surface area contributed by atoms with Gasteiger partial charge in [-0.25, -0.2) is 4.79 Å². The third-order valence-electron chi connectivity index (χ3n) is 3.78. The van der Waals surface area contributed by atoms with E-state index in [9.17, 15) is 24.0 Å². The second kappa shape index (κ2) is 13.1. The van der Waals surface area contributed by atoms with Gasteiger partial charge in [0.2, 0.25) is 12.4 Å². The van der Waals surface area contributed by atoms with Crippen LogP contribution in [0, 0.1) is 0 Å². The minimum Gasteiger partial charge on any atom is -0.468 e. The lowest BCUT2D eigenvalue weighted by molar-refractivity contribution is -0.297. The molecule has 1 aliphatic heterocycles. The van der Waals surface area contributed by atoms with Gasteiger partial charge >= 0.3 is 29.8 Å². The van der Waals surface area contributed by atoms with Gasteiger partial charge in [-0.05, 0) is 6.08 Å². The van der Waals surface area contributed by atoms with Crippen molar-refractivity contribution in [1.29, 1.82) is 0 Å². The van der Waals surface area contributed by atoms with Crippen molar-refractivity contribution in [3.63, 3.8) is 0 Å². The van der Waals surface area contributed by atoms with E-state index < -0.39 is 60.6 Å². The summed E-state index contributed by atoms with van der Waals surface area (Å²) >= 11 is 0. The maximum absolute atomic E-state index is 11.7. The van der Waals surface area contributed by atoms with Crippen molar-refractivity contribution in [2.24, 2.45) is 0 Å². The van der Waals surface area contributed by atoms with Crippen LogP contribution in [-0.4, -0.2) is 74.3 Å². The summed E-state index contributed by atoms with van der Waals surface area (Å²) in [5.74, 6) is -3.47. The predicted molar refractivity (Wildman–Crippen MR) is 103 cm³/mol. The fraction of sp³-hybridized carbons (Fsp3) is 0.550. The van der Waals surface area contributed by atoms with Gasteiger partial charge in [0.15, 0.2) is 12.2 Å². The Hall–Kier alpha value is -3.41. The Morgan fingerprint density at radius 2 is 1.34 bits per heavy atom. The molecule has 0 bridgehead atoms. The second-order valence-electron chi connectivity index (χ2n) is 6.41. The zero-order valence-corrected chi connectivity index (χ0v) is 18.3. The Bertz CT molecular complexity index is 756. The summed E-state index contributed by atoms with van der Waals surface area (Å²) in [5.41, 5.74) is 0. The highest BCUT2D eigenvalue weighted by molar-refractivity contribution is 5.82. The summed E-state index contributed by atoms with van der Waals surface area (Å²) in [6, 6.07) is 0. The first-order valence-electron chi connectivity index (χ1n) is 9.42. The minimum absolute atomic E-state index is 0.371. The number of carbonyl (C=O) groups excluding carboxylic acids is 5. The van der Waals surface area contributed by atoms with Gasteiger partial charge in [-0.1, -0.05) is 6.08 Å². The number of hydrogen-bond donors (Lipinski definition) is 0. The molecule has 1 heterocycles. The zero-order valence-electron chi connectivity index (χ0n) is 18.3. The number of esters is 5. The lowest BCUT2D eigenvalue weighted by atomic mass is 9.98. The second-order valence-corrected chi connectivity index (χ2v) is 6.41. The first-order valence-corrected chi connectivity index (χ1v) is 9.42. The third-order valence-corrected chi connectivity index (χ3v) is 3.78. The molecule has 1 rings (SSSR count). The highest BCUT2D eigenvalue weighted by Crippen LogP contribution is 2.30. The number of ether oxygens (including phenoxy) is 7. The third kappa shape index (κ3) is 9.16.